The van der Waals surface area contributed by atoms with Gasteiger partial charge in [0.05, 0.1) is 12.5 Å². The average Bonchev–Trinajstić information content (AvgIpc) is 2.67. The molecule has 1 aromatic carbocycles. The molecule has 0 spiro atoms. The zero-order valence-electron chi connectivity index (χ0n) is 14.7. The zero-order valence-corrected chi connectivity index (χ0v) is 15.5. The summed E-state index contributed by atoms with van der Waals surface area (Å²) in [6.07, 6.45) is 1.94. The summed E-state index contributed by atoms with van der Waals surface area (Å²) in [7, 11) is 0. The zero-order chi connectivity index (χ0) is 17.5. The molecule has 1 N–H and O–H groups in total. The van der Waals surface area contributed by atoms with E-state index in [4.69, 9.17) is 0 Å². The first-order valence-electron chi connectivity index (χ1n) is 9.12. The molecule has 1 unspecified atom stereocenters. The molecule has 0 aliphatic carbocycles. The lowest BCUT2D eigenvalue weighted by Gasteiger charge is -2.35. The van der Waals surface area contributed by atoms with E-state index in [-0.39, 0.29) is 17.7 Å². The van der Waals surface area contributed by atoms with Crippen LogP contribution in [0.15, 0.2) is 30.3 Å². The van der Waals surface area contributed by atoms with Gasteiger partial charge in [-0.2, -0.15) is 11.8 Å². The van der Waals surface area contributed by atoms with Crippen LogP contribution in [-0.2, 0) is 16.1 Å². The van der Waals surface area contributed by atoms with E-state index < -0.39 is 0 Å². The topological polar surface area (TPSA) is 52.7 Å². The van der Waals surface area contributed by atoms with E-state index in [0.29, 0.717) is 19.6 Å². The molecule has 0 radical (unpaired) electrons. The van der Waals surface area contributed by atoms with Crippen molar-refractivity contribution >= 4 is 23.6 Å². The minimum Gasteiger partial charge on any atom is -0.351 e. The summed E-state index contributed by atoms with van der Waals surface area (Å²) in [4.78, 5) is 29.0. The number of likely N-dealkylation sites (tertiary alicyclic amines) is 1. The van der Waals surface area contributed by atoms with Gasteiger partial charge in [0.25, 0.3) is 0 Å². The Hall–Kier alpha value is -1.53. The number of hydrogen-bond acceptors (Lipinski definition) is 4. The fraction of sp³-hybridized carbons (Fsp3) is 0.579. The summed E-state index contributed by atoms with van der Waals surface area (Å²) < 4.78 is 0. The maximum Gasteiger partial charge on any atom is 0.234 e. The van der Waals surface area contributed by atoms with Crippen LogP contribution in [0.25, 0.3) is 0 Å². The summed E-state index contributed by atoms with van der Waals surface area (Å²) in [5.41, 5.74) is 1.10. The second-order valence-corrected chi connectivity index (χ2v) is 8.00. The number of thioether (sulfide) groups is 1. The van der Waals surface area contributed by atoms with E-state index in [2.05, 4.69) is 10.2 Å². The molecule has 136 valence electrons. The van der Waals surface area contributed by atoms with Gasteiger partial charge in [0.1, 0.15) is 0 Å². The van der Waals surface area contributed by atoms with Crippen LogP contribution < -0.4 is 5.32 Å². The van der Waals surface area contributed by atoms with Crippen molar-refractivity contribution in [3.05, 3.63) is 35.9 Å². The molecule has 0 saturated carbocycles. The highest BCUT2D eigenvalue weighted by molar-refractivity contribution is 7.99. The van der Waals surface area contributed by atoms with Crippen molar-refractivity contribution < 1.29 is 9.59 Å². The summed E-state index contributed by atoms with van der Waals surface area (Å²) in [6, 6.07) is 9.93. The number of benzene rings is 1. The molecule has 3 rings (SSSR count). The van der Waals surface area contributed by atoms with Gasteiger partial charge in [0, 0.05) is 37.7 Å². The van der Waals surface area contributed by atoms with Crippen LogP contribution in [-0.4, -0.2) is 65.8 Å². The largest absolute Gasteiger partial charge is 0.351 e. The Bertz CT molecular complexity index is 575. The van der Waals surface area contributed by atoms with Gasteiger partial charge in [-0.15, -0.1) is 0 Å². The van der Waals surface area contributed by atoms with Crippen LogP contribution in [0.5, 0.6) is 0 Å². The van der Waals surface area contributed by atoms with Crippen molar-refractivity contribution in [1.82, 2.24) is 15.1 Å². The third kappa shape index (κ3) is 5.47. The van der Waals surface area contributed by atoms with Crippen LogP contribution in [0.1, 0.15) is 18.4 Å². The van der Waals surface area contributed by atoms with Gasteiger partial charge in [-0.3, -0.25) is 14.5 Å². The molecule has 2 fully saturated rings. The van der Waals surface area contributed by atoms with E-state index in [9.17, 15) is 9.59 Å². The molecule has 2 saturated heterocycles. The molecule has 1 aromatic rings. The Balaban J connectivity index is 1.44. The lowest BCUT2D eigenvalue weighted by atomic mass is 9.96. The number of carbonyl (C=O) groups excluding carboxylic acids is 2. The van der Waals surface area contributed by atoms with E-state index >= 15 is 0 Å². The number of hydrogen-bond donors (Lipinski definition) is 1. The Morgan fingerprint density at radius 3 is 2.64 bits per heavy atom. The first-order chi connectivity index (χ1) is 12.2. The first kappa shape index (κ1) is 18.3. The first-order valence-corrected chi connectivity index (χ1v) is 10.3. The molecule has 1 atom stereocenters. The maximum absolute atomic E-state index is 12.7. The lowest BCUT2D eigenvalue weighted by molar-refractivity contribution is -0.137. The van der Waals surface area contributed by atoms with Gasteiger partial charge in [0.2, 0.25) is 11.8 Å². The van der Waals surface area contributed by atoms with Crippen LogP contribution in [0.3, 0.4) is 0 Å². The van der Waals surface area contributed by atoms with Crippen LogP contribution in [0.2, 0.25) is 0 Å². The Labute approximate surface area is 154 Å². The van der Waals surface area contributed by atoms with Gasteiger partial charge in [0.15, 0.2) is 0 Å². The standard InChI is InChI=1S/C19H27N3O2S/c23-18(20-13-16-5-2-1-3-6-16)15-21-8-4-7-17(14-21)19(24)22-9-11-25-12-10-22/h1-3,5-6,17H,4,7-15H2,(H,20,23). The number of rotatable bonds is 5. The summed E-state index contributed by atoms with van der Waals surface area (Å²) in [6.45, 7) is 4.29. The normalized spacial score (nSPS) is 21.8. The highest BCUT2D eigenvalue weighted by atomic mass is 32.2. The monoisotopic (exact) mass is 361 g/mol. The number of nitrogens with one attached hydrogen (secondary N) is 1. The number of piperidine rings is 1. The van der Waals surface area contributed by atoms with Gasteiger partial charge in [-0.25, -0.2) is 0 Å². The smallest absolute Gasteiger partial charge is 0.234 e. The molecule has 2 heterocycles. The van der Waals surface area contributed by atoms with E-state index in [1.165, 1.54) is 0 Å². The van der Waals surface area contributed by atoms with E-state index in [0.717, 1.165) is 49.5 Å². The van der Waals surface area contributed by atoms with Crippen molar-refractivity contribution in [1.29, 1.82) is 0 Å². The minimum atomic E-state index is 0.0336. The SMILES string of the molecule is O=C(CN1CCCC(C(=O)N2CCSCC2)C1)NCc1ccccc1. The van der Waals surface area contributed by atoms with Crippen molar-refractivity contribution in [3.63, 3.8) is 0 Å². The van der Waals surface area contributed by atoms with Gasteiger partial charge in [-0.1, -0.05) is 30.3 Å². The Morgan fingerprint density at radius 1 is 1.12 bits per heavy atom. The van der Waals surface area contributed by atoms with Crippen LogP contribution >= 0.6 is 11.8 Å². The third-order valence-corrected chi connectivity index (χ3v) is 5.82. The fourth-order valence-corrected chi connectivity index (χ4v) is 4.40. The van der Waals surface area contributed by atoms with Crippen molar-refractivity contribution in [2.75, 3.05) is 44.2 Å². The van der Waals surface area contributed by atoms with Gasteiger partial charge >= 0.3 is 0 Å². The van der Waals surface area contributed by atoms with E-state index in [1.54, 1.807) is 0 Å². The molecule has 0 aromatic heterocycles. The number of amides is 2. The van der Waals surface area contributed by atoms with Gasteiger partial charge < -0.3 is 10.2 Å². The summed E-state index contributed by atoms with van der Waals surface area (Å²) in [5, 5.41) is 2.97. The third-order valence-electron chi connectivity index (χ3n) is 4.88. The van der Waals surface area contributed by atoms with Crippen molar-refractivity contribution in [2.45, 2.75) is 19.4 Å². The fourth-order valence-electron chi connectivity index (χ4n) is 3.50. The minimum absolute atomic E-state index is 0.0336. The molecule has 5 nitrogen and oxygen atoms in total. The Kier molecular flexibility index (Phi) is 6.76. The van der Waals surface area contributed by atoms with Crippen LogP contribution in [0, 0.1) is 5.92 Å². The van der Waals surface area contributed by atoms with Crippen LogP contribution in [0.4, 0.5) is 0 Å². The molecule has 2 aliphatic rings. The quantitative estimate of drug-likeness (QED) is 0.865. The highest BCUT2D eigenvalue weighted by Gasteiger charge is 2.30. The van der Waals surface area contributed by atoms with Crippen molar-refractivity contribution in [2.24, 2.45) is 5.92 Å². The second kappa shape index (κ2) is 9.25. The molecule has 2 amide bonds. The summed E-state index contributed by atoms with van der Waals surface area (Å²) in [5.74, 6) is 2.47. The lowest BCUT2D eigenvalue weighted by Crippen LogP contribution is -2.49. The Morgan fingerprint density at radius 2 is 1.88 bits per heavy atom. The molecule has 2 aliphatic heterocycles. The maximum atomic E-state index is 12.7. The highest BCUT2D eigenvalue weighted by Crippen LogP contribution is 2.20. The average molecular weight is 362 g/mol. The predicted molar refractivity (Wildman–Crippen MR) is 101 cm³/mol. The summed E-state index contributed by atoms with van der Waals surface area (Å²) >= 11 is 1.92. The second-order valence-electron chi connectivity index (χ2n) is 6.77. The molecule has 6 heteroatoms. The number of carbonyl (C=O) groups is 2. The van der Waals surface area contributed by atoms with Crippen molar-refractivity contribution in [3.8, 4) is 0 Å². The van der Waals surface area contributed by atoms with E-state index in [1.807, 2.05) is 47.0 Å². The van der Waals surface area contributed by atoms with Gasteiger partial charge in [-0.05, 0) is 24.9 Å². The predicted octanol–water partition coefficient (Wildman–Crippen LogP) is 1.59. The number of nitrogens with zero attached hydrogens (tertiary/aromatic N) is 2. The molecular formula is C19H27N3O2S. The molecule has 25 heavy (non-hydrogen) atoms. The molecule has 0 bridgehead atoms. The molecular weight excluding hydrogens is 334 g/mol.